The molecule has 1 aromatic carbocycles. The van der Waals surface area contributed by atoms with Gasteiger partial charge in [0.1, 0.15) is 4.60 Å². The number of halogens is 1. The number of rotatable bonds is 1. The third-order valence-corrected chi connectivity index (χ3v) is 3.66. The highest BCUT2D eigenvalue weighted by atomic mass is 79.9. The normalized spacial score (nSPS) is 14.7. The average Bonchev–Trinajstić information content (AvgIpc) is 2.68. The fraction of sp³-hybridized carbons (Fsp3) is 0.308. The van der Waals surface area contributed by atoms with Gasteiger partial charge in [0.05, 0.1) is 24.6 Å². The van der Waals surface area contributed by atoms with Crippen LogP contribution in [0.5, 0.6) is 0 Å². The molecule has 4 heteroatoms. The van der Waals surface area contributed by atoms with Crippen molar-refractivity contribution >= 4 is 15.9 Å². The zero-order chi connectivity index (χ0) is 11.8. The Kier molecular flexibility index (Phi) is 2.76. The molecule has 0 saturated heterocycles. The van der Waals surface area contributed by atoms with E-state index in [2.05, 4.69) is 52.2 Å². The number of aromatic nitrogens is 2. The third kappa shape index (κ3) is 1.91. The Bertz CT molecular complexity index is 563. The fourth-order valence-corrected chi connectivity index (χ4v) is 2.75. The molecule has 0 N–H and O–H groups in total. The number of fused-ring (bicyclic) bond motifs is 1. The number of hydrogen-bond donors (Lipinski definition) is 0. The first-order chi connectivity index (χ1) is 8.25. The lowest BCUT2D eigenvalue weighted by Gasteiger charge is -2.14. The van der Waals surface area contributed by atoms with E-state index in [1.807, 2.05) is 4.68 Å². The predicted octanol–water partition coefficient (Wildman–Crippen LogP) is 3.02. The standard InChI is InChI=1S/C13H13BrN2O/c1-9-3-2-4-10(7-9)16-12-8-17-6-5-11(12)13(14)15-16/h2-4,7H,5-6,8H2,1H3. The van der Waals surface area contributed by atoms with E-state index in [1.165, 1.54) is 11.1 Å². The molecule has 0 aliphatic carbocycles. The molecule has 1 aromatic heterocycles. The van der Waals surface area contributed by atoms with Crippen LogP contribution in [0.2, 0.25) is 0 Å². The molecule has 2 heterocycles. The van der Waals surface area contributed by atoms with Gasteiger partial charge in [-0.1, -0.05) is 12.1 Å². The largest absolute Gasteiger partial charge is 0.375 e. The molecule has 0 bridgehead atoms. The first-order valence-electron chi connectivity index (χ1n) is 5.67. The van der Waals surface area contributed by atoms with E-state index in [1.54, 1.807) is 0 Å². The van der Waals surface area contributed by atoms with Crippen molar-refractivity contribution in [2.45, 2.75) is 20.0 Å². The highest BCUT2D eigenvalue weighted by Gasteiger charge is 2.20. The van der Waals surface area contributed by atoms with Gasteiger partial charge in [0.15, 0.2) is 0 Å². The van der Waals surface area contributed by atoms with Crippen molar-refractivity contribution in [1.29, 1.82) is 0 Å². The van der Waals surface area contributed by atoms with E-state index < -0.39 is 0 Å². The molecule has 88 valence electrons. The second-order valence-electron chi connectivity index (χ2n) is 4.27. The molecule has 0 atom stereocenters. The van der Waals surface area contributed by atoms with E-state index >= 15 is 0 Å². The van der Waals surface area contributed by atoms with Crippen LogP contribution in [-0.4, -0.2) is 16.4 Å². The number of hydrogen-bond acceptors (Lipinski definition) is 2. The summed E-state index contributed by atoms with van der Waals surface area (Å²) in [5.41, 5.74) is 4.77. The molecule has 17 heavy (non-hydrogen) atoms. The molecule has 0 spiro atoms. The molecule has 3 rings (SSSR count). The summed E-state index contributed by atoms with van der Waals surface area (Å²) < 4.78 is 8.44. The summed E-state index contributed by atoms with van der Waals surface area (Å²) in [4.78, 5) is 0. The van der Waals surface area contributed by atoms with Gasteiger partial charge in [-0.15, -0.1) is 0 Å². The summed E-state index contributed by atoms with van der Waals surface area (Å²) in [6, 6.07) is 8.34. The van der Waals surface area contributed by atoms with Crippen molar-refractivity contribution in [2.75, 3.05) is 6.61 Å². The van der Waals surface area contributed by atoms with Crippen molar-refractivity contribution in [1.82, 2.24) is 9.78 Å². The van der Waals surface area contributed by atoms with Crippen molar-refractivity contribution in [3.8, 4) is 5.69 Å². The minimum Gasteiger partial charge on any atom is -0.375 e. The van der Waals surface area contributed by atoms with E-state index in [4.69, 9.17) is 4.74 Å². The van der Waals surface area contributed by atoms with Gasteiger partial charge in [0.2, 0.25) is 0 Å². The van der Waals surface area contributed by atoms with E-state index in [9.17, 15) is 0 Å². The zero-order valence-corrected chi connectivity index (χ0v) is 11.2. The Morgan fingerprint density at radius 3 is 3.12 bits per heavy atom. The predicted molar refractivity (Wildman–Crippen MR) is 69.4 cm³/mol. The SMILES string of the molecule is Cc1cccc(-n2nc(Br)c3c2COCC3)c1. The Balaban J connectivity index is 2.15. The average molecular weight is 293 g/mol. The van der Waals surface area contributed by atoms with Crippen molar-refractivity contribution in [3.63, 3.8) is 0 Å². The summed E-state index contributed by atoms with van der Waals surface area (Å²) in [6.07, 6.45) is 0.932. The molecule has 0 amide bonds. The monoisotopic (exact) mass is 292 g/mol. The van der Waals surface area contributed by atoms with Gasteiger partial charge in [0.25, 0.3) is 0 Å². The molecule has 0 radical (unpaired) electrons. The minimum atomic E-state index is 0.641. The van der Waals surface area contributed by atoms with E-state index in [0.717, 1.165) is 29.0 Å². The number of benzene rings is 1. The van der Waals surface area contributed by atoms with Crippen LogP contribution in [0.15, 0.2) is 28.9 Å². The summed E-state index contributed by atoms with van der Waals surface area (Å²) in [7, 11) is 0. The quantitative estimate of drug-likeness (QED) is 0.808. The Morgan fingerprint density at radius 2 is 2.29 bits per heavy atom. The highest BCUT2D eigenvalue weighted by molar-refractivity contribution is 9.10. The molecule has 1 aliphatic heterocycles. The molecule has 0 saturated carbocycles. The number of nitrogens with zero attached hydrogens (tertiary/aromatic N) is 2. The lowest BCUT2D eigenvalue weighted by atomic mass is 10.1. The van der Waals surface area contributed by atoms with Gasteiger partial charge in [-0.2, -0.15) is 5.10 Å². The van der Waals surface area contributed by atoms with Crippen LogP contribution >= 0.6 is 15.9 Å². The first kappa shape index (κ1) is 11.0. The second kappa shape index (κ2) is 4.27. The minimum absolute atomic E-state index is 0.641. The van der Waals surface area contributed by atoms with Crippen molar-refractivity contribution in [2.24, 2.45) is 0 Å². The van der Waals surface area contributed by atoms with Gasteiger partial charge in [0, 0.05) is 12.0 Å². The first-order valence-corrected chi connectivity index (χ1v) is 6.46. The maximum atomic E-state index is 5.52. The summed E-state index contributed by atoms with van der Waals surface area (Å²) in [6.45, 7) is 3.51. The van der Waals surface area contributed by atoms with Gasteiger partial charge in [-0.3, -0.25) is 0 Å². The van der Waals surface area contributed by atoms with Crippen molar-refractivity contribution < 1.29 is 4.74 Å². The third-order valence-electron chi connectivity index (χ3n) is 3.02. The maximum absolute atomic E-state index is 5.52. The van der Waals surface area contributed by atoms with E-state index in [-0.39, 0.29) is 0 Å². The van der Waals surface area contributed by atoms with Crippen LogP contribution in [0.4, 0.5) is 0 Å². The molecular formula is C13H13BrN2O. The lowest BCUT2D eigenvalue weighted by molar-refractivity contribution is 0.106. The molecule has 2 aromatic rings. The van der Waals surface area contributed by atoms with Gasteiger partial charge in [-0.25, -0.2) is 4.68 Å². The molecule has 0 fully saturated rings. The van der Waals surface area contributed by atoms with Crippen LogP contribution in [0.3, 0.4) is 0 Å². The second-order valence-corrected chi connectivity index (χ2v) is 5.02. The Morgan fingerprint density at radius 1 is 1.41 bits per heavy atom. The molecular weight excluding hydrogens is 280 g/mol. The Labute approximate surface area is 109 Å². The maximum Gasteiger partial charge on any atom is 0.132 e. The highest BCUT2D eigenvalue weighted by Crippen LogP contribution is 2.27. The molecule has 0 unspecified atom stereocenters. The molecule has 1 aliphatic rings. The lowest BCUT2D eigenvalue weighted by Crippen LogP contribution is -2.12. The molecule has 3 nitrogen and oxygen atoms in total. The number of aryl methyl sites for hydroxylation is 1. The van der Waals surface area contributed by atoms with Crippen LogP contribution in [0.1, 0.15) is 16.8 Å². The van der Waals surface area contributed by atoms with E-state index in [0.29, 0.717) is 6.61 Å². The Hall–Kier alpha value is -1.13. The van der Waals surface area contributed by atoms with Gasteiger partial charge >= 0.3 is 0 Å². The number of ether oxygens (including phenoxy) is 1. The van der Waals surface area contributed by atoms with Crippen LogP contribution in [-0.2, 0) is 17.8 Å². The van der Waals surface area contributed by atoms with Crippen LogP contribution in [0.25, 0.3) is 5.69 Å². The van der Waals surface area contributed by atoms with Gasteiger partial charge < -0.3 is 4.74 Å². The summed E-state index contributed by atoms with van der Waals surface area (Å²) in [5, 5.41) is 4.56. The van der Waals surface area contributed by atoms with Crippen LogP contribution < -0.4 is 0 Å². The summed E-state index contributed by atoms with van der Waals surface area (Å²) >= 11 is 3.53. The van der Waals surface area contributed by atoms with Crippen molar-refractivity contribution in [3.05, 3.63) is 45.7 Å². The van der Waals surface area contributed by atoms with Gasteiger partial charge in [-0.05, 0) is 40.5 Å². The zero-order valence-electron chi connectivity index (χ0n) is 9.61. The topological polar surface area (TPSA) is 27.1 Å². The van der Waals surface area contributed by atoms with Crippen LogP contribution in [0, 0.1) is 6.92 Å². The fourth-order valence-electron chi connectivity index (χ4n) is 2.17. The summed E-state index contributed by atoms with van der Waals surface area (Å²) in [5.74, 6) is 0. The smallest absolute Gasteiger partial charge is 0.132 e.